The van der Waals surface area contributed by atoms with Gasteiger partial charge in [-0.1, -0.05) is 18.2 Å². The molecule has 0 spiro atoms. The average Bonchev–Trinajstić information content (AvgIpc) is 2.76. The van der Waals surface area contributed by atoms with Gasteiger partial charge in [-0.2, -0.15) is 0 Å². The molecule has 1 N–H and O–H groups in total. The molecule has 0 aromatic heterocycles. The van der Waals surface area contributed by atoms with E-state index >= 15 is 0 Å². The number of halogens is 2. The lowest BCUT2D eigenvalue weighted by molar-refractivity contribution is -0.138. The fraction of sp³-hybridized carbons (Fsp3) is 0.500. The van der Waals surface area contributed by atoms with Crippen LogP contribution in [0.3, 0.4) is 0 Å². The summed E-state index contributed by atoms with van der Waals surface area (Å²) < 4.78 is 25.2. The van der Waals surface area contributed by atoms with Gasteiger partial charge in [-0.25, -0.2) is 8.78 Å². The number of likely N-dealkylation sites (tertiary alicyclic amines) is 1. The maximum atomic E-state index is 12.6. The Bertz CT molecular complexity index is 451. The van der Waals surface area contributed by atoms with Crippen LogP contribution in [0, 0.1) is 5.92 Å². The molecule has 1 fully saturated rings. The van der Waals surface area contributed by atoms with Crippen LogP contribution in [0.4, 0.5) is 8.78 Å². The van der Waals surface area contributed by atoms with Crippen LogP contribution in [0.5, 0.6) is 0 Å². The Morgan fingerprint density at radius 3 is 2.95 bits per heavy atom. The Morgan fingerprint density at radius 2 is 2.26 bits per heavy atom. The summed E-state index contributed by atoms with van der Waals surface area (Å²) in [6.07, 6.45) is -1.40. The quantitative estimate of drug-likeness (QED) is 0.893. The molecule has 19 heavy (non-hydrogen) atoms. The van der Waals surface area contributed by atoms with Gasteiger partial charge in [0.25, 0.3) is 6.43 Å². The van der Waals surface area contributed by atoms with E-state index in [4.69, 9.17) is 5.11 Å². The van der Waals surface area contributed by atoms with Gasteiger partial charge < -0.3 is 5.11 Å². The van der Waals surface area contributed by atoms with Gasteiger partial charge in [0.05, 0.1) is 0 Å². The largest absolute Gasteiger partial charge is 0.481 e. The minimum Gasteiger partial charge on any atom is -0.481 e. The molecule has 1 heterocycles. The highest BCUT2D eigenvalue weighted by molar-refractivity contribution is 5.67. The van der Waals surface area contributed by atoms with Crippen molar-refractivity contribution in [3.05, 3.63) is 35.4 Å². The lowest BCUT2D eigenvalue weighted by Gasteiger charge is -2.16. The van der Waals surface area contributed by atoms with Crippen molar-refractivity contribution in [1.29, 1.82) is 0 Å². The topological polar surface area (TPSA) is 40.5 Å². The Labute approximate surface area is 110 Å². The van der Waals surface area contributed by atoms with Crippen molar-refractivity contribution in [2.75, 3.05) is 13.1 Å². The van der Waals surface area contributed by atoms with Crippen molar-refractivity contribution in [1.82, 2.24) is 4.90 Å². The molecule has 0 aliphatic carbocycles. The maximum Gasteiger partial charge on any atom is 0.303 e. The number of aliphatic carboxylic acids is 1. The number of carboxylic acids is 1. The van der Waals surface area contributed by atoms with E-state index in [9.17, 15) is 13.6 Å². The molecule has 1 aromatic carbocycles. The second-order valence-electron chi connectivity index (χ2n) is 5.03. The number of benzene rings is 1. The predicted octanol–water partition coefficient (Wildman–Crippen LogP) is 2.92. The van der Waals surface area contributed by atoms with Crippen molar-refractivity contribution < 1.29 is 18.7 Å². The summed E-state index contributed by atoms with van der Waals surface area (Å²) in [6, 6.07) is 6.42. The van der Waals surface area contributed by atoms with E-state index in [1.54, 1.807) is 6.07 Å². The summed E-state index contributed by atoms with van der Waals surface area (Å²) in [6.45, 7) is 2.17. The van der Waals surface area contributed by atoms with Gasteiger partial charge >= 0.3 is 5.97 Å². The van der Waals surface area contributed by atoms with E-state index in [1.807, 2.05) is 6.07 Å². The first-order valence-corrected chi connectivity index (χ1v) is 6.35. The summed E-state index contributed by atoms with van der Waals surface area (Å²) in [4.78, 5) is 12.8. The first-order chi connectivity index (χ1) is 9.04. The second-order valence-corrected chi connectivity index (χ2v) is 5.03. The smallest absolute Gasteiger partial charge is 0.303 e. The van der Waals surface area contributed by atoms with Crippen molar-refractivity contribution in [3.8, 4) is 0 Å². The average molecular weight is 269 g/mol. The molecule has 1 atom stereocenters. The van der Waals surface area contributed by atoms with Crippen molar-refractivity contribution >= 4 is 5.97 Å². The summed E-state index contributed by atoms with van der Waals surface area (Å²) in [5, 5.41) is 8.75. The van der Waals surface area contributed by atoms with Crippen LogP contribution in [-0.4, -0.2) is 29.1 Å². The highest BCUT2D eigenvalue weighted by Gasteiger charge is 2.24. The van der Waals surface area contributed by atoms with Gasteiger partial charge in [-0.15, -0.1) is 0 Å². The number of hydrogen-bond acceptors (Lipinski definition) is 2. The van der Waals surface area contributed by atoms with Gasteiger partial charge in [0, 0.05) is 25.1 Å². The Balaban J connectivity index is 1.92. The third-order valence-corrected chi connectivity index (χ3v) is 3.44. The summed E-state index contributed by atoms with van der Waals surface area (Å²) in [5.41, 5.74) is 0.896. The molecule has 1 aromatic rings. The Hall–Kier alpha value is -1.49. The van der Waals surface area contributed by atoms with E-state index in [2.05, 4.69) is 4.90 Å². The van der Waals surface area contributed by atoms with E-state index in [0.29, 0.717) is 6.54 Å². The zero-order chi connectivity index (χ0) is 13.8. The molecular weight excluding hydrogens is 252 g/mol. The number of rotatable bonds is 5. The van der Waals surface area contributed by atoms with E-state index in [1.165, 1.54) is 12.1 Å². The highest BCUT2D eigenvalue weighted by atomic mass is 19.3. The number of alkyl halides is 2. The van der Waals surface area contributed by atoms with E-state index in [0.717, 1.165) is 25.1 Å². The second kappa shape index (κ2) is 6.10. The van der Waals surface area contributed by atoms with Crippen LogP contribution < -0.4 is 0 Å². The number of carboxylic acid groups (broad SMARTS) is 1. The van der Waals surface area contributed by atoms with Crippen LogP contribution in [-0.2, 0) is 11.3 Å². The fourth-order valence-electron chi connectivity index (χ4n) is 2.56. The van der Waals surface area contributed by atoms with Crippen LogP contribution in [0.1, 0.15) is 30.4 Å². The van der Waals surface area contributed by atoms with Crippen molar-refractivity contribution in [3.63, 3.8) is 0 Å². The predicted molar refractivity (Wildman–Crippen MR) is 67.0 cm³/mol. The summed E-state index contributed by atoms with van der Waals surface area (Å²) >= 11 is 0. The Morgan fingerprint density at radius 1 is 1.47 bits per heavy atom. The molecule has 1 aliphatic rings. The number of nitrogens with zero attached hydrogens (tertiary/aromatic N) is 1. The van der Waals surface area contributed by atoms with E-state index in [-0.39, 0.29) is 17.9 Å². The van der Waals surface area contributed by atoms with E-state index < -0.39 is 12.4 Å². The molecule has 1 unspecified atom stereocenters. The third kappa shape index (κ3) is 3.99. The highest BCUT2D eigenvalue weighted by Crippen LogP contribution is 2.23. The molecule has 0 bridgehead atoms. The third-order valence-electron chi connectivity index (χ3n) is 3.44. The van der Waals surface area contributed by atoms with Crippen LogP contribution in [0.15, 0.2) is 24.3 Å². The van der Waals surface area contributed by atoms with Crippen molar-refractivity contribution in [2.24, 2.45) is 5.92 Å². The van der Waals surface area contributed by atoms with Gasteiger partial charge in [0.15, 0.2) is 0 Å². The first kappa shape index (κ1) is 13.9. The molecule has 1 aliphatic heterocycles. The van der Waals surface area contributed by atoms with Crippen LogP contribution in [0.2, 0.25) is 0 Å². The lowest BCUT2D eigenvalue weighted by atomic mass is 10.1. The SMILES string of the molecule is O=C(O)CC1CCN(Cc2cccc(C(F)F)c2)C1. The molecule has 0 amide bonds. The summed E-state index contributed by atoms with van der Waals surface area (Å²) in [5.74, 6) is -0.595. The Kier molecular flexibility index (Phi) is 4.47. The molecule has 0 radical (unpaired) electrons. The zero-order valence-corrected chi connectivity index (χ0v) is 10.6. The first-order valence-electron chi connectivity index (χ1n) is 6.35. The van der Waals surface area contributed by atoms with Gasteiger partial charge in [-0.05, 0) is 30.5 Å². The maximum absolute atomic E-state index is 12.6. The molecule has 0 saturated carbocycles. The number of carbonyl (C=O) groups is 1. The minimum absolute atomic E-state index is 0.0405. The molecule has 2 rings (SSSR count). The van der Waals surface area contributed by atoms with Gasteiger partial charge in [0.1, 0.15) is 0 Å². The number of hydrogen-bond donors (Lipinski definition) is 1. The van der Waals surface area contributed by atoms with Gasteiger partial charge in [0.2, 0.25) is 0 Å². The standard InChI is InChI=1S/C14H17F2NO2/c15-14(16)12-3-1-2-10(6-12)8-17-5-4-11(9-17)7-13(18)19/h1-3,6,11,14H,4-5,7-9H2,(H,18,19). The molecule has 5 heteroatoms. The molecular formula is C14H17F2NO2. The lowest BCUT2D eigenvalue weighted by Crippen LogP contribution is -2.21. The minimum atomic E-state index is -2.45. The summed E-state index contributed by atoms with van der Waals surface area (Å²) in [7, 11) is 0. The molecule has 104 valence electrons. The molecule has 3 nitrogen and oxygen atoms in total. The van der Waals surface area contributed by atoms with Crippen LogP contribution in [0.25, 0.3) is 0 Å². The van der Waals surface area contributed by atoms with Crippen LogP contribution >= 0.6 is 0 Å². The monoisotopic (exact) mass is 269 g/mol. The van der Waals surface area contributed by atoms with Gasteiger partial charge in [-0.3, -0.25) is 9.69 Å². The normalized spacial score (nSPS) is 20.1. The van der Waals surface area contributed by atoms with Crippen molar-refractivity contribution in [2.45, 2.75) is 25.8 Å². The zero-order valence-electron chi connectivity index (χ0n) is 10.6. The molecule has 1 saturated heterocycles. The fourth-order valence-corrected chi connectivity index (χ4v) is 2.56.